The van der Waals surface area contributed by atoms with Gasteiger partial charge in [0.05, 0.1) is 0 Å². The summed E-state index contributed by atoms with van der Waals surface area (Å²) >= 11 is 0. The first-order valence-electron chi connectivity index (χ1n) is 5.76. The SMILES string of the molecule is CC(C)CN(C)C(C)(C)CC(C)(C)C. The maximum atomic E-state index is 2.49. The van der Waals surface area contributed by atoms with Crippen LogP contribution in [0, 0.1) is 11.3 Å². The maximum absolute atomic E-state index is 2.49. The molecule has 0 aromatic carbocycles. The molecule has 0 aromatic heterocycles. The van der Waals surface area contributed by atoms with Crippen LogP contribution < -0.4 is 0 Å². The summed E-state index contributed by atoms with van der Waals surface area (Å²) in [4.78, 5) is 2.49. The molecule has 0 rings (SSSR count). The molecular weight excluding hydrogens is 170 g/mol. The van der Waals surface area contributed by atoms with Crippen LogP contribution in [-0.2, 0) is 0 Å². The molecule has 0 aliphatic carbocycles. The van der Waals surface area contributed by atoms with Crippen molar-refractivity contribution in [2.24, 2.45) is 11.3 Å². The lowest BCUT2D eigenvalue weighted by Gasteiger charge is -2.41. The largest absolute Gasteiger partial charge is 0.301 e. The summed E-state index contributed by atoms with van der Waals surface area (Å²) in [5, 5.41) is 0. The Morgan fingerprint density at radius 3 is 1.71 bits per heavy atom. The molecule has 1 nitrogen and oxygen atoms in total. The van der Waals surface area contributed by atoms with Crippen LogP contribution in [0.1, 0.15) is 54.9 Å². The number of hydrogen-bond acceptors (Lipinski definition) is 1. The van der Waals surface area contributed by atoms with Crippen molar-refractivity contribution in [1.82, 2.24) is 4.90 Å². The molecule has 0 atom stereocenters. The zero-order chi connectivity index (χ0) is 11.6. The molecule has 86 valence electrons. The summed E-state index contributed by atoms with van der Waals surface area (Å²) in [6, 6.07) is 0. The Hall–Kier alpha value is -0.0400. The molecule has 0 fully saturated rings. The average molecular weight is 199 g/mol. The molecule has 0 saturated carbocycles. The molecule has 14 heavy (non-hydrogen) atoms. The first-order valence-corrected chi connectivity index (χ1v) is 5.76. The Kier molecular flexibility index (Phi) is 4.64. The molecule has 0 bridgehead atoms. The van der Waals surface area contributed by atoms with Gasteiger partial charge in [0, 0.05) is 12.1 Å². The third-order valence-corrected chi connectivity index (χ3v) is 2.64. The van der Waals surface area contributed by atoms with Gasteiger partial charge >= 0.3 is 0 Å². The molecule has 0 aliphatic rings. The van der Waals surface area contributed by atoms with Crippen molar-refractivity contribution in [3.05, 3.63) is 0 Å². The standard InChI is InChI=1S/C13H29N/c1-11(2)9-14(8)13(6,7)10-12(3,4)5/h11H,9-10H2,1-8H3. The highest BCUT2D eigenvalue weighted by atomic mass is 15.2. The van der Waals surface area contributed by atoms with Crippen LogP contribution in [0.5, 0.6) is 0 Å². The summed E-state index contributed by atoms with van der Waals surface area (Å²) in [6.07, 6.45) is 1.24. The molecule has 0 saturated heterocycles. The van der Waals surface area contributed by atoms with E-state index >= 15 is 0 Å². The summed E-state index contributed by atoms with van der Waals surface area (Å²) in [6.45, 7) is 17.4. The van der Waals surface area contributed by atoms with Crippen LogP contribution in [-0.4, -0.2) is 24.0 Å². The second-order valence-electron chi connectivity index (χ2n) is 6.82. The predicted octanol–water partition coefficient (Wildman–Crippen LogP) is 3.79. The Bertz CT molecular complexity index is 163. The van der Waals surface area contributed by atoms with E-state index in [0.717, 1.165) is 5.92 Å². The fraction of sp³-hybridized carbons (Fsp3) is 1.00. The summed E-state index contributed by atoms with van der Waals surface area (Å²) in [7, 11) is 2.24. The third kappa shape index (κ3) is 5.64. The van der Waals surface area contributed by atoms with Crippen molar-refractivity contribution in [3.63, 3.8) is 0 Å². The van der Waals surface area contributed by atoms with Crippen molar-refractivity contribution < 1.29 is 0 Å². The minimum absolute atomic E-state index is 0.308. The second kappa shape index (κ2) is 4.65. The van der Waals surface area contributed by atoms with Crippen LogP contribution in [0.15, 0.2) is 0 Å². The van der Waals surface area contributed by atoms with Gasteiger partial charge in [-0.3, -0.25) is 0 Å². The molecule has 0 aromatic rings. The smallest absolute Gasteiger partial charge is 0.0155 e. The molecule has 1 heteroatoms. The van der Waals surface area contributed by atoms with Crippen molar-refractivity contribution in [2.45, 2.75) is 60.4 Å². The molecule has 0 radical (unpaired) electrons. The normalized spacial score (nSPS) is 14.1. The zero-order valence-corrected chi connectivity index (χ0v) is 11.4. The average Bonchev–Trinajstić information content (AvgIpc) is 1.78. The van der Waals surface area contributed by atoms with E-state index < -0.39 is 0 Å². The van der Waals surface area contributed by atoms with Gasteiger partial charge < -0.3 is 4.90 Å². The number of rotatable bonds is 4. The van der Waals surface area contributed by atoms with Gasteiger partial charge in [0.2, 0.25) is 0 Å². The maximum Gasteiger partial charge on any atom is 0.0155 e. The van der Waals surface area contributed by atoms with E-state index in [9.17, 15) is 0 Å². The zero-order valence-electron chi connectivity index (χ0n) is 11.4. The van der Waals surface area contributed by atoms with Crippen LogP contribution >= 0.6 is 0 Å². The fourth-order valence-electron chi connectivity index (χ4n) is 2.23. The molecule has 0 heterocycles. The second-order valence-corrected chi connectivity index (χ2v) is 6.82. The third-order valence-electron chi connectivity index (χ3n) is 2.64. The van der Waals surface area contributed by atoms with Crippen LogP contribution in [0.3, 0.4) is 0 Å². The van der Waals surface area contributed by atoms with Gasteiger partial charge in [-0.1, -0.05) is 34.6 Å². The summed E-state index contributed by atoms with van der Waals surface area (Å²) < 4.78 is 0. The lowest BCUT2D eigenvalue weighted by atomic mass is 9.81. The van der Waals surface area contributed by atoms with E-state index in [1.165, 1.54) is 13.0 Å². The molecule has 0 unspecified atom stereocenters. The van der Waals surface area contributed by atoms with Gasteiger partial charge in [-0.05, 0) is 38.6 Å². The molecular formula is C13H29N. The van der Waals surface area contributed by atoms with Gasteiger partial charge in [-0.25, -0.2) is 0 Å². The van der Waals surface area contributed by atoms with E-state index in [-0.39, 0.29) is 0 Å². The van der Waals surface area contributed by atoms with Gasteiger partial charge in [-0.2, -0.15) is 0 Å². The first-order chi connectivity index (χ1) is 6.04. The van der Waals surface area contributed by atoms with Gasteiger partial charge in [0.15, 0.2) is 0 Å². The topological polar surface area (TPSA) is 3.24 Å². The Morgan fingerprint density at radius 2 is 1.43 bits per heavy atom. The minimum atomic E-state index is 0.308. The van der Waals surface area contributed by atoms with Crippen LogP contribution in [0.25, 0.3) is 0 Å². The quantitative estimate of drug-likeness (QED) is 0.666. The van der Waals surface area contributed by atoms with Crippen molar-refractivity contribution >= 4 is 0 Å². The van der Waals surface area contributed by atoms with Crippen LogP contribution in [0.4, 0.5) is 0 Å². The minimum Gasteiger partial charge on any atom is -0.301 e. The van der Waals surface area contributed by atoms with E-state index in [0.29, 0.717) is 11.0 Å². The van der Waals surface area contributed by atoms with E-state index in [2.05, 4.69) is 60.4 Å². The molecule has 0 aliphatic heterocycles. The highest BCUT2D eigenvalue weighted by Gasteiger charge is 2.29. The van der Waals surface area contributed by atoms with E-state index in [4.69, 9.17) is 0 Å². The number of hydrogen-bond donors (Lipinski definition) is 0. The molecule has 0 amide bonds. The summed E-state index contributed by atoms with van der Waals surface area (Å²) in [5.41, 5.74) is 0.720. The van der Waals surface area contributed by atoms with Crippen molar-refractivity contribution in [3.8, 4) is 0 Å². The van der Waals surface area contributed by atoms with Gasteiger partial charge in [0.25, 0.3) is 0 Å². The van der Waals surface area contributed by atoms with E-state index in [1.54, 1.807) is 0 Å². The van der Waals surface area contributed by atoms with Gasteiger partial charge in [0.1, 0.15) is 0 Å². The van der Waals surface area contributed by atoms with Gasteiger partial charge in [-0.15, -0.1) is 0 Å². The highest BCUT2D eigenvalue weighted by molar-refractivity contribution is 4.84. The predicted molar refractivity (Wildman–Crippen MR) is 65.6 cm³/mol. The lowest BCUT2D eigenvalue weighted by Crippen LogP contribution is -2.45. The highest BCUT2D eigenvalue weighted by Crippen LogP contribution is 2.30. The Balaban J connectivity index is 4.30. The number of nitrogens with zero attached hydrogens (tertiary/aromatic N) is 1. The molecule has 0 N–H and O–H groups in total. The summed E-state index contributed by atoms with van der Waals surface area (Å²) in [5.74, 6) is 0.749. The van der Waals surface area contributed by atoms with Crippen molar-refractivity contribution in [1.29, 1.82) is 0 Å². The first kappa shape index (κ1) is 14.0. The monoisotopic (exact) mass is 199 g/mol. The lowest BCUT2D eigenvalue weighted by molar-refractivity contribution is 0.0922. The Labute approximate surface area is 90.9 Å². The molecule has 0 spiro atoms. The Morgan fingerprint density at radius 1 is 1.00 bits per heavy atom. The fourth-order valence-corrected chi connectivity index (χ4v) is 2.23. The van der Waals surface area contributed by atoms with Crippen LogP contribution in [0.2, 0.25) is 0 Å². The van der Waals surface area contributed by atoms with Crippen molar-refractivity contribution in [2.75, 3.05) is 13.6 Å². The van der Waals surface area contributed by atoms with E-state index in [1.807, 2.05) is 0 Å².